The number of nitrogen functional groups attached to an aromatic ring is 1. The first-order valence-corrected chi connectivity index (χ1v) is 6.51. The summed E-state index contributed by atoms with van der Waals surface area (Å²) in [6.07, 6.45) is 0. The van der Waals surface area contributed by atoms with Crippen molar-refractivity contribution in [3.05, 3.63) is 29.6 Å². The van der Waals surface area contributed by atoms with Crippen molar-refractivity contribution >= 4 is 17.4 Å². The fourth-order valence-electron chi connectivity index (χ4n) is 1.53. The number of benzene rings is 1. The second-order valence-electron chi connectivity index (χ2n) is 3.95. The lowest BCUT2D eigenvalue weighted by Crippen LogP contribution is -1.95. The smallest absolute Gasteiger partial charge is 0.191 e. The van der Waals surface area contributed by atoms with Crippen LogP contribution < -0.4 is 10.5 Å². The van der Waals surface area contributed by atoms with Gasteiger partial charge in [-0.05, 0) is 24.6 Å². The van der Waals surface area contributed by atoms with Crippen molar-refractivity contribution in [1.82, 2.24) is 14.8 Å². The van der Waals surface area contributed by atoms with E-state index in [1.54, 1.807) is 18.9 Å². The molecule has 0 spiro atoms. The molecule has 0 aliphatic carbocycles. The van der Waals surface area contributed by atoms with Crippen molar-refractivity contribution in [3.8, 4) is 5.75 Å². The molecule has 6 heteroatoms. The summed E-state index contributed by atoms with van der Waals surface area (Å²) in [6, 6.07) is 5.81. The molecule has 1 heterocycles. The minimum absolute atomic E-state index is 0.657. The largest absolute Gasteiger partial charge is 0.495 e. The van der Waals surface area contributed by atoms with Crippen LogP contribution in [0, 0.1) is 6.92 Å². The lowest BCUT2D eigenvalue weighted by atomic mass is 10.2. The summed E-state index contributed by atoms with van der Waals surface area (Å²) < 4.78 is 7.10. The zero-order valence-corrected chi connectivity index (χ0v) is 11.5. The Morgan fingerprint density at radius 3 is 2.72 bits per heavy atom. The van der Waals surface area contributed by atoms with E-state index < -0.39 is 0 Å². The predicted molar refractivity (Wildman–Crippen MR) is 72.7 cm³/mol. The molecule has 18 heavy (non-hydrogen) atoms. The van der Waals surface area contributed by atoms with Gasteiger partial charge in [-0.15, -0.1) is 10.2 Å². The molecule has 0 bridgehead atoms. The average Bonchev–Trinajstić information content (AvgIpc) is 2.68. The van der Waals surface area contributed by atoms with E-state index in [2.05, 4.69) is 10.2 Å². The van der Waals surface area contributed by atoms with Crippen LogP contribution in [0.3, 0.4) is 0 Å². The lowest BCUT2D eigenvalue weighted by Gasteiger charge is -2.07. The number of hydrogen-bond donors (Lipinski definition) is 1. The zero-order valence-electron chi connectivity index (χ0n) is 10.7. The van der Waals surface area contributed by atoms with Gasteiger partial charge in [0.25, 0.3) is 0 Å². The number of nitrogens with two attached hydrogens (primary N) is 1. The molecule has 2 rings (SSSR count). The van der Waals surface area contributed by atoms with E-state index in [1.165, 1.54) is 0 Å². The molecular weight excluding hydrogens is 248 g/mol. The summed E-state index contributed by atoms with van der Waals surface area (Å²) >= 11 is 1.64. The van der Waals surface area contributed by atoms with Crippen molar-refractivity contribution in [2.75, 3.05) is 12.8 Å². The molecule has 0 aliphatic rings. The molecular formula is C12H16N4OS. The van der Waals surface area contributed by atoms with Crippen LogP contribution in [0.2, 0.25) is 0 Å². The molecule has 0 aliphatic heterocycles. The first-order valence-electron chi connectivity index (χ1n) is 5.53. The summed E-state index contributed by atoms with van der Waals surface area (Å²) in [5, 5.41) is 9.03. The average molecular weight is 264 g/mol. The Morgan fingerprint density at radius 1 is 1.39 bits per heavy atom. The van der Waals surface area contributed by atoms with E-state index in [1.807, 2.05) is 36.7 Å². The molecule has 0 amide bonds. The van der Waals surface area contributed by atoms with Crippen molar-refractivity contribution < 1.29 is 4.74 Å². The molecule has 5 nitrogen and oxygen atoms in total. The van der Waals surface area contributed by atoms with Gasteiger partial charge in [0, 0.05) is 12.8 Å². The number of nitrogens with zero attached hydrogens (tertiary/aromatic N) is 3. The van der Waals surface area contributed by atoms with Gasteiger partial charge in [0.15, 0.2) is 5.16 Å². The fourth-order valence-corrected chi connectivity index (χ4v) is 2.43. The summed E-state index contributed by atoms with van der Waals surface area (Å²) in [4.78, 5) is 0. The molecule has 2 aromatic rings. The summed E-state index contributed by atoms with van der Waals surface area (Å²) in [5.41, 5.74) is 7.66. The number of rotatable bonds is 4. The van der Waals surface area contributed by atoms with Gasteiger partial charge in [0.2, 0.25) is 0 Å². The van der Waals surface area contributed by atoms with Gasteiger partial charge in [-0.25, -0.2) is 0 Å². The maximum absolute atomic E-state index is 5.87. The van der Waals surface area contributed by atoms with Crippen LogP contribution in [0.1, 0.15) is 11.4 Å². The summed E-state index contributed by atoms with van der Waals surface area (Å²) in [5.74, 6) is 2.42. The van der Waals surface area contributed by atoms with Gasteiger partial charge >= 0.3 is 0 Å². The van der Waals surface area contributed by atoms with E-state index in [9.17, 15) is 0 Å². The molecule has 0 fully saturated rings. The third-order valence-corrected chi connectivity index (χ3v) is 3.81. The van der Waals surface area contributed by atoms with Crippen molar-refractivity contribution in [3.63, 3.8) is 0 Å². The second-order valence-corrected chi connectivity index (χ2v) is 4.90. The first kappa shape index (κ1) is 12.8. The fraction of sp³-hybridized carbons (Fsp3) is 0.333. The molecule has 2 N–H and O–H groups in total. The highest BCUT2D eigenvalue weighted by Gasteiger charge is 2.07. The predicted octanol–water partition coefficient (Wildman–Crippen LogP) is 2.01. The number of ether oxygens (including phenoxy) is 1. The molecule has 0 saturated heterocycles. The Hall–Kier alpha value is -1.69. The van der Waals surface area contributed by atoms with E-state index in [4.69, 9.17) is 10.5 Å². The van der Waals surface area contributed by atoms with Crippen LogP contribution in [-0.2, 0) is 12.8 Å². The Kier molecular flexibility index (Phi) is 3.76. The van der Waals surface area contributed by atoms with Gasteiger partial charge in [0.05, 0.1) is 12.8 Å². The quantitative estimate of drug-likeness (QED) is 0.676. The molecule has 0 unspecified atom stereocenters. The van der Waals surface area contributed by atoms with Crippen LogP contribution in [0.4, 0.5) is 5.69 Å². The minimum atomic E-state index is 0.657. The molecule has 0 atom stereocenters. The number of thioether (sulfide) groups is 1. The summed E-state index contributed by atoms with van der Waals surface area (Å²) in [6.45, 7) is 1.93. The first-order chi connectivity index (χ1) is 8.61. The molecule has 1 aromatic carbocycles. The topological polar surface area (TPSA) is 66.0 Å². The molecule has 0 saturated carbocycles. The van der Waals surface area contributed by atoms with Crippen molar-refractivity contribution in [2.45, 2.75) is 17.8 Å². The maximum Gasteiger partial charge on any atom is 0.191 e. The van der Waals surface area contributed by atoms with E-state index in [0.29, 0.717) is 11.4 Å². The zero-order chi connectivity index (χ0) is 13.1. The molecule has 0 radical (unpaired) electrons. The standard InChI is InChI=1S/C12H16N4OS/c1-8-14-15-12(16(8)2)18-7-9-4-5-11(17-3)10(13)6-9/h4-6H,7,13H2,1-3H3. The van der Waals surface area contributed by atoms with Gasteiger partial charge in [-0.1, -0.05) is 17.8 Å². The monoisotopic (exact) mass is 264 g/mol. The van der Waals surface area contributed by atoms with Crippen LogP contribution in [-0.4, -0.2) is 21.9 Å². The highest BCUT2D eigenvalue weighted by Crippen LogP contribution is 2.26. The Balaban J connectivity index is 2.06. The van der Waals surface area contributed by atoms with Crippen molar-refractivity contribution in [2.24, 2.45) is 7.05 Å². The van der Waals surface area contributed by atoms with Crippen LogP contribution in [0.5, 0.6) is 5.75 Å². The Morgan fingerprint density at radius 2 is 2.17 bits per heavy atom. The third-order valence-electron chi connectivity index (χ3n) is 2.71. The number of anilines is 1. The number of hydrogen-bond acceptors (Lipinski definition) is 5. The van der Waals surface area contributed by atoms with Gasteiger partial charge < -0.3 is 15.0 Å². The van der Waals surface area contributed by atoms with Crippen LogP contribution >= 0.6 is 11.8 Å². The van der Waals surface area contributed by atoms with Crippen LogP contribution in [0.25, 0.3) is 0 Å². The van der Waals surface area contributed by atoms with Crippen molar-refractivity contribution in [1.29, 1.82) is 0 Å². The van der Waals surface area contributed by atoms with Gasteiger partial charge in [0.1, 0.15) is 11.6 Å². The normalized spacial score (nSPS) is 10.6. The molecule has 1 aromatic heterocycles. The maximum atomic E-state index is 5.87. The van der Waals surface area contributed by atoms with Crippen LogP contribution in [0.15, 0.2) is 23.4 Å². The Bertz CT molecular complexity index is 553. The van der Waals surface area contributed by atoms with Gasteiger partial charge in [-0.3, -0.25) is 0 Å². The van der Waals surface area contributed by atoms with E-state index in [0.717, 1.165) is 22.3 Å². The number of methoxy groups -OCH3 is 1. The minimum Gasteiger partial charge on any atom is -0.495 e. The highest BCUT2D eigenvalue weighted by molar-refractivity contribution is 7.98. The SMILES string of the molecule is COc1ccc(CSc2nnc(C)n2C)cc1N. The second kappa shape index (κ2) is 5.30. The molecule has 96 valence electrons. The lowest BCUT2D eigenvalue weighted by molar-refractivity contribution is 0.417. The Labute approximate surface area is 110 Å². The van der Waals surface area contributed by atoms with E-state index in [-0.39, 0.29) is 0 Å². The van der Waals surface area contributed by atoms with E-state index >= 15 is 0 Å². The van der Waals surface area contributed by atoms with Gasteiger partial charge in [-0.2, -0.15) is 0 Å². The number of aryl methyl sites for hydroxylation is 1. The summed E-state index contributed by atoms with van der Waals surface area (Å²) in [7, 11) is 3.57. The third kappa shape index (κ3) is 2.59. The highest BCUT2D eigenvalue weighted by atomic mass is 32.2. The number of aromatic nitrogens is 3.